The van der Waals surface area contributed by atoms with Gasteiger partial charge in [-0.15, -0.1) is 5.01 Å². The SMILES string of the molecule is CN1C(C2CCCCC2)C=C[N+]1(C)C1CCCCC1. The van der Waals surface area contributed by atoms with Crippen molar-refractivity contribution in [2.45, 2.75) is 76.3 Å². The molecular weight excluding hydrogens is 232 g/mol. The summed E-state index contributed by atoms with van der Waals surface area (Å²) in [6, 6.07) is 1.54. The molecule has 108 valence electrons. The highest BCUT2D eigenvalue weighted by molar-refractivity contribution is 4.98. The molecule has 3 rings (SSSR count). The third-order valence-electron chi connectivity index (χ3n) is 6.14. The maximum atomic E-state index is 2.67. The Kier molecular flexibility index (Phi) is 4.00. The second kappa shape index (κ2) is 5.57. The first kappa shape index (κ1) is 13.6. The summed E-state index contributed by atoms with van der Waals surface area (Å²) in [6.07, 6.45) is 19.5. The van der Waals surface area contributed by atoms with Gasteiger partial charge in [-0.1, -0.05) is 25.7 Å². The van der Waals surface area contributed by atoms with E-state index in [4.69, 9.17) is 0 Å². The van der Waals surface area contributed by atoms with Crippen LogP contribution in [-0.2, 0) is 0 Å². The maximum Gasteiger partial charge on any atom is 0.113 e. The van der Waals surface area contributed by atoms with E-state index in [1.165, 1.54) is 64.2 Å². The molecule has 2 atom stereocenters. The molecule has 3 aliphatic rings. The van der Waals surface area contributed by atoms with E-state index in [0.717, 1.165) is 16.6 Å². The summed E-state index contributed by atoms with van der Waals surface area (Å²) in [7, 11) is 4.81. The molecule has 1 aliphatic heterocycles. The Morgan fingerprint density at radius 1 is 0.895 bits per heavy atom. The van der Waals surface area contributed by atoms with Crippen LogP contribution in [0.3, 0.4) is 0 Å². The van der Waals surface area contributed by atoms with Gasteiger partial charge in [0.05, 0.1) is 13.1 Å². The Balaban J connectivity index is 1.69. The van der Waals surface area contributed by atoms with Crippen molar-refractivity contribution in [3.63, 3.8) is 0 Å². The summed E-state index contributed by atoms with van der Waals surface area (Å²) in [4.78, 5) is 0. The Hall–Kier alpha value is -0.340. The van der Waals surface area contributed by atoms with Gasteiger partial charge in [0.2, 0.25) is 0 Å². The molecule has 2 fully saturated rings. The molecule has 0 saturated heterocycles. The van der Waals surface area contributed by atoms with Gasteiger partial charge in [-0.05, 0) is 37.7 Å². The summed E-state index contributed by atoms with van der Waals surface area (Å²) in [5, 5.41) is 2.67. The Morgan fingerprint density at radius 2 is 1.47 bits per heavy atom. The number of nitrogens with zero attached hydrogens (tertiary/aromatic N) is 2. The monoisotopic (exact) mass is 263 g/mol. The second-order valence-electron chi connectivity index (χ2n) is 7.19. The molecule has 0 aromatic heterocycles. The summed E-state index contributed by atoms with van der Waals surface area (Å²) in [5.74, 6) is 0.915. The standard InChI is InChI=1S/C17H31N2/c1-18-17(15-9-5-3-6-10-15)13-14-19(18,2)16-11-7-4-8-12-16/h13-17H,3-12H2,1-2H3/q+1. The van der Waals surface area contributed by atoms with Gasteiger partial charge in [-0.2, -0.15) is 0 Å². The Morgan fingerprint density at radius 3 is 2.11 bits per heavy atom. The van der Waals surface area contributed by atoms with Gasteiger partial charge >= 0.3 is 0 Å². The fourth-order valence-electron chi connectivity index (χ4n) is 4.70. The molecular formula is C17H31N2+. The van der Waals surface area contributed by atoms with Crippen LogP contribution in [0.1, 0.15) is 64.2 Å². The van der Waals surface area contributed by atoms with Gasteiger partial charge in [0.1, 0.15) is 12.2 Å². The molecule has 2 heteroatoms. The highest BCUT2D eigenvalue weighted by Crippen LogP contribution is 2.38. The lowest BCUT2D eigenvalue weighted by molar-refractivity contribution is -0.992. The third kappa shape index (κ3) is 2.50. The van der Waals surface area contributed by atoms with Gasteiger partial charge in [-0.3, -0.25) is 0 Å². The minimum atomic E-state index is 0.701. The van der Waals surface area contributed by atoms with Crippen molar-refractivity contribution in [3.8, 4) is 0 Å². The zero-order chi connectivity index (χ0) is 13.3. The molecule has 2 nitrogen and oxygen atoms in total. The van der Waals surface area contributed by atoms with Crippen molar-refractivity contribution >= 4 is 0 Å². The quantitative estimate of drug-likeness (QED) is 0.678. The Labute approximate surface area is 119 Å². The zero-order valence-electron chi connectivity index (χ0n) is 12.9. The Bertz CT molecular complexity index is 326. The van der Waals surface area contributed by atoms with Crippen molar-refractivity contribution in [2.24, 2.45) is 5.92 Å². The molecule has 0 radical (unpaired) electrons. The number of quaternary nitrogens is 1. The van der Waals surface area contributed by atoms with Crippen molar-refractivity contribution in [3.05, 3.63) is 12.3 Å². The van der Waals surface area contributed by atoms with Gasteiger partial charge < -0.3 is 0 Å². The average Bonchev–Trinajstić information content (AvgIpc) is 2.78. The number of rotatable bonds is 2. The van der Waals surface area contributed by atoms with Gasteiger partial charge in [0.15, 0.2) is 0 Å². The molecule has 0 bridgehead atoms. The normalized spacial score (nSPS) is 38.9. The number of likely N-dealkylation sites (N-methyl/N-ethyl adjacent to an activating group) is 1. The summed E-state index contributed by atoms with van der Waals surface area (Å²) < 4.78 is 1.08. The fourth-order valence-corrected chi connectivity index (χ4v) is 4.70. The first-order valence-electron chi connectivity index (χ1n) is 8.50. The van der Waals surface area contributed by atoms with Crippen LogP contribution >= 0.6 is 0 Å². The van der Waals surface area contributed by atoms with E-state index < -0.39 is 0 Å². The molecule has 0 N–H and O–H groups in total. The minimum absolute atomic E-state index is 0.701. The van der Waals surface area contributed by atoms with E-state index in [0.29, 0.717) is 6.04 Å². The van der Waals surface area contributed by atoms with E-state index in [2.05, 4.69) is 31.4 Å². The molecule has 1 heterocycles. The maximum absolute atomic E-state index is 2.67. The minimum Gasteiger partial charge on any atom is -0.218 e. The molecule has 0 spiro atoms. The van der Waals surface area contributed by atoms with E-state index in [-0.39, 0.29) is 0 Å². The highest BCUT2D eigenvalue weighted by atomic mass is 15.8. The van der Waals surface area contributed by atoms with Crippen LogP contribution < -0.4 is 0 Å². The topological polar surface area (TPSA) is 3.24 Å². The lowest BCUT2D eigenvalue weighted by atomic mass is 9.84. The molecule has 19 heavy (non-hydrogen) atoms. The van der Waals surface area contributed by atoms with Crippen LogP contribution in [0.25, 0.3) is 0 Å². The number of hydrogen-bond donors (Lipinski definition) is 0. The molecule has 0 aromatic carbocycles. The van der Waals surface area contributed by atoms with Crippen molar-refractivity contribution < 1.29 is 4.59 Å². The van der Waals surface area contributed by atoms with E-state index in [1.807, 2.05) is 0 Å². The van der Waals surface area contributed by atoms with Gasteiger partial charge in [0, 0.05) is 19.9 Å². The van der Waals surface area contributed by atoms with Gasteiger partial charge in [0.25, 0.3) is 0 Å². The number of hydrogen-bond acceptors (Lipinski definition) is 1. The second-order valence-corrected chi connectivity index (χ2v) is 7.19. The largest absolute Gasteiger partial charge is 0.218 e. The average molecular weight is 263 g/mol. The van der Waals surface area contributed by atoms with Crippen molar-refractivity contribution in [2.75, 3.05) is 14.1 Å². The van der Waals surface area contributed by atoms with Crippen LogP contribution in [0.5, 0.6) is 0 Å². The predicted molar refractivity (Wildman–Crippen MR) is 80.3 cm³/mol. The third-order valence-corrected chi connectivity index (χ3v) is 6.14. The smallest absolute Gasteiger partial charge is 0.113 e. The van der Waals surface area contributed by atoms with E-state index in [1.54, 1.807) is 0 Å². The van der Waals surface area contributed by atoms with Crippen LogP contribution in [-0.4, -0.2) is 35.8 Å². The van der Waals surface area contributed by atoms with E-state index >= 15 is 0 Å². The van der Waals surface area contributed by atoms with Crippen LogP contribution in [0.15, 0.2) is 12.3 Å². The lowest BCUT2D eigenvalue weighted by Gasteiger charge is -2.45. The van der Waals surface area contributed by atoms with Crippen molar-refractivity contribution in [1.82, 2.24) is 5.01 Å². The summed E-state index contributed by atoms with van der Waals surface area (Å²) in [6.45, 7) is 0. The summed E-state index contributed by atoms with van der Waals surface area (Å²) in [5.41, 5.74) is 0. The van der Waals surface area contributed by atoms with Crippen molar-refractivity contribution in [1.29, 1.82) is 0 Å². The molecule has 0 amide bonds. The van der Waals surface area contributed by atoms with E-state index in [9.17, 15) is 0 Å². The zero-order valence-corrected chi connectivity index (χ0v) is 12.9. The molecule has 2 aliphatic carbocycles. The molecule has 2 saturated carbocycles. The fraction of sp³-hybridized carbons (Fsp3) is 0.882. The molecule has 0 aromatic rings. The first-order valence-corrected chi connectivity index (χ1v) is 8.50. The predicted octanol–water partition coefficient (Wildman–Crippen LogP) is 4.09. The molecule has 2 unspecified atom stereocenters. The summed E-state index contributed by atoms with van der Waals surface area (Å²) >= 11 is 0. The van der Waals surface area contributed by atoms with Gasteiger partial charge in [-0.25, -0.2) is 4.59 Å². The lowest BCUT2D eigenvalue weighted by Crippen LogP contribution is -2.59. The van der Waals surface area contributed by atoms with Crippen LogP contribution in [0.4, 0.5) is 0 Å². The highest BCUT2D eigenvalue weighted by Gasteiger charge is 2.45. The first-order chi connectivity index (χ1) is 9.22. The van der Waals surface area contributed by atoms with Crippen LogP contribution in [0, 0.1) is 5.92 Å². The van der Waals surface area contributed by atoms with Crippen LogP contribution in [0.2, 0.25) is 0 Å².